The fourth-order valence-electron chi connectivity index (χ4n) is 1.77. The van der Waals surface area contributed by atoms with Crippen LogP contribution in [0.1, 0.15) is 25.8 Å². The Balaban J connectivity index is 2.79. The van der Waals surface area contributed by atoms with Crippen LogP contribution in [0, 0.1) is 17.6 Å². The van der Waals surface area contributed by atoms with E-state index in [1.165, 1.54) is 6.07 Å². The molecule has 0 radical (unpaired) electrons. The number of amides is 1. The maximum atomic E-state index is 13.4. The molecule has 110 valence electrons. The lowest BCUT2D eigenvalue weighted by molar-refractivity contribution is -0.143. The van der Waals surface area contributed by atoms with Gasteiger partial charge in [-0.25, -0.2) is 13.6 Å². The van der Waals surface area contributed by atoms with Gasteiger partial charge in [0.05, 0.1) is 6.42 Å². The highest BCUT2D eigenvalue weighted by Crippen LogP contribution is 2.13. The van der Waals surface area contributed by atoms with E-state index >= 15 is 0 Å². The van der Waals surface area contributed by atoms with Gasteiger partial charge in [-0.1, -0.05) is 26.3 Å². The summed E-state index contributed by atoms with van der Waals surface area (Å²) in [6.07, 6.45) is 0.0318. The highest BCUT2D eigenvalue weighted by atomic mass is 19.1. The Morgan fingerprint density at radius 3 is 2.30 bits per heavy atom. The number of carboxylic acids is 1. The van der Waals surface area contributed by atoms with Crippen molar-refractivity contribution >= 4 is 11.9 Å². The van der Waals surface area contributed by atoms with Crippen molar-refractivity contribution in [3.05, 3.63) is 35.4 Å². The summed E-state index contributed by atoms with van der Waals surface area (Å²) in [6, 6.07) is 2.23. The van der Waals surface area contributed by atoms with Crippen molar-refractivity contribution in [3.63, 3.8) is 0 Å². The molecule has 0 heterocycles. The molecule has 2 N–H and O–H groups in total. The third-order valence-electron chi connectivity index (χ3n) is 3.19. The van der Waals surface area contributed by atoms with Crippen LogP contribution in [0.3, 0.4) is 0 Å². The summed E-state index contributed by atoms with van der Waals surface area (Å²) in [6.45, 7) is 3.48. The molecule has 2 atom stereocenters. The molecule has 0 unspecified atom stereocenters. The number of carbonyl (C=O) groups is 2. The molecule has 20 heavy (non-hydrogen) atoms. The summed E-state index contributed by atoms with van der Waals surface area (Å²) < 4.78 is 26.8. The molecular formula is C14H17F2NO3. The highest BCUT2D eigenvalue weighted by molar-refractivity contribution is 5.85. The number of nitrogens with one attached hydrogen (secondary N) is 1. The van der Waals surface area contributed by atoms with E-state index in [1.54, 1.807) is 13.8 Å². The molecule has 1 aromatic carbocycles. The number of rotatable bonds is 6. The Kier molecular flexibility index (Phi) is 5.61. The second kappa shape index (κ2) is 6.98. The Morgan fingerprint density at radius 1 is 1.30 bits per heavy atom. The topological polar surface area (TPSA) is 66.4 Å². The molecule has 0 aliphatic rings. The normalized spacial score (nSPS) is 13.6. The first kappa shape index (κ1) is 16.1. The fraction of sp³-hybridized carbons (Fsp3) is 0.429. The third-order valence-corrected chi connectivity index (χ3v) is 3.19. The van der Waals surface area contributed by atoms with Crippen LogP contribution < -0.4 is 5.32 Å². The lowest BCUT2D eigenvalue weighted by Gasteiger charge is -2.20. The predicted octanol–water partition coefficient (Wildman–Crippen LogP) is 2.12. The Hall–Kier alpha value is -1.98. The maximum Gasteiger partial charge on any atom is 0.326 e. The monoisotopic (exact) mass is 285 g/mol. The molecule has 0 saturated carbocycles. The van der Waals surface area contributed by atoms with Crippen molar-refractivity contribution in [2.45, 2.75) is 32.7 Å². The van der Waals surface area contributed by atoms with Crippen molar-refractivity contribution in [1.82, 2.24) is 5.32 Å². The number of carboxylic acid groups (broad SMARTS) is 1. The van der Waals surface area contributed by atoms with Gasteiger partial charge in [-0.15, -0.1) is 0 Å². The predicted molar refractivity (Wildman–Crippen MR) is 69.1 cm³/mol. The third kappa shape index (κ3) is 4.01. The fourth-order valence-corrected chi connectivity index (χ4v) is 1.77. The van der Waals surface area contributed by atoms with Crippen molar-refractivity contribution in [2.75, 3.05) is 0 Å². The van der Waals surface area contributed by atoms with Crippen molar-refractivity contribution in [3.8, 4) is 0 Å². The summed E-state index contributed by atoms with van der Waals surface area (Å²) in [4.78, 5) is 22.8. The summed E-state index contributed by atoms with van der Waals surface area (Å²) in [5.74, 6) is -3.81. The van der Waals surface area contributed by atoms with E-state index in [9.17, 15) is 18.4 Å². The van der Waals surface area contributed by atoms with E-state index in [4.69, 9.17) is 5.11 Å². The minimum Gasteiger partial charge on any atom is -0.480 e. The van der Waals surface area contributed by atoms with E-state index in [1.807, 2.05) is 0 Å². The first-order valence-electron chi connectivity index (χ1n) is 6.31. The van der Waals surface area contributed by atoms with Crippen molar-refractivity contribution in [1.29, 1.82) is 0 Å². The van der Waals surface area contributed by atoms with E-state index in [-0.39, 0.29) is 11.5 Å². The summed E-state index contributed by atoms with van der Waals surface area (Å²) in [7, 11) is 0. The van der Waals surface area contributed by atoms with Crippen LogP contribution in [-0.4, -0.2) is 23.0 Å². The minimum absolute atomic E-state index is 0.276. The number of carbonyl (C=O) groups excluding carboxylic acids is 1. The second-order valence-corrected chi connectivity index (χ2v) is 4.65. The number of hydrogen-bond acceptors (Lipinski definition) is 2. The summed E-state index contributed by atoms with van der Waals surface area (Å²) >= 11 is 0. The molecule has 1 rings (SSSR count). The zero-order valence-electron chi connectivity index (χ0n) is 11.3. The van der Waals surface area contributed by atoms with Crippen molar-refractivity contribution < 1.29 is 23.5 Å². The van der Waals surface area contributed by atoms with Crippen LogP contribution in [0.25, 0.3) is 0 Å². The van der Waals surface area contributed by atoms with Crippen molar-refractivity contribution in [2.24, 2.45) is 5.92 Å². The number of halogens is 2. The molecule has 1 aromatic rings. The van der Waals surface area contributed by atoms with Crippen LogP contribution >= 0.6 is 0 Å². The zero-order chi connectivity index (χ0) is 15.3. The maximum absolute atomic E-state index is 13.4. The van der Waals surface area contributed by atoms with Gasteiger partial charge in [-0.3, -0.25) is 4.79 Å². The van der Waals surface area contributed by atoms with Crippen LogP contribution in [0.4, 0.5) is 8.78 Å². The lowest BCUT2D eigenvalue weighted by Crippen LogP contribution is -2.45. The number of benzene rings is 1. The molecule has 0 bridgehead atoms. The largest absolute Gasteiger partial charge is 0.480 e. The number of hydrogen-bond donors (Lipinski definition) is 2. The van der Waals surface area contributed by atoms with E-state index in [2.05, 4.69) is 5.32 Å². The van der Waals surface area contributed by atoms with Gasteiger partial charge in [0.15, 0.2) is 0 Å². The van der Waals surface area contributed by atoms with Gasteiger partial charge in [0.2, 0.25) is 5.91 Å². The van der Waals surface area contributed by atoms with Crippen LogP contribution in [0.2, 0.25) is 0 Å². The molecule has 0 spiro atoms. The van der Waals surface area contributed by atoms with E-state index in [0.29, 0.717) is 6.42 Å². The molecule has 6 heteroatoms. The second-order valence-electron chi connectivity index (χ2n) is 4.65. The van der Waals surface area contributed by atoms with Crippen LogP contribution in [0.5, 0.6) is 0 Å². The SMILES string of the molecule is CC[C@@H](C)[C@@H](NC(=O)Cc1c(F)cccc1F)C(=O)O. The summed E-state index contributed by atoms with van der Waals surface area (Å²) in [5, 5.41) is 11.3. The molecule has 0 aliphatic carbocycles. The first-order chi connectivity index (χ1) is 9.36. The standard InChI is InChI=1S/C14H17F2NO3/c1-3-8(2)13(14(19)20)17-12(18)7-9-10(15)5-4-6-11(9)16/h4-6,8,13H,3,7H2,1-2H3,(H,17,18)(H,19,20)/t8-,13-/m1/s1. The van der Waals surface area contributed by atoms with Gasteiger partial charge in [0, 0.05) is 5.56 Å². The number of aliphatic carboxylic acids is 1. The van der Waals surface area contributed by atoms with Gasteiger partial charge >= 0.3 is 5.97 Å². The van der Waals surface area contributed by atoms with E-state index < -0.39 is 36.0 Å². The smallest absolute Gasteiger partial charge is 0.326 e. The first-order valence-corrected chi connectivity index (χ1v) is 6.31. The zero-order valence-corrected chi connectivity index (χ0v) is 11.3. The molecule has 1 amide bonds. The molecule has 4 nitrogen and oxygen atoms in total. The Labute approximate surface area is 115 Å². The lowest BCUT2D eigenvalue weighted by atomic mass is 9.99. The average Bonchev–Trinajstić information content (AvgIpc) is 2.39. The van der Waals surface area contributed by atoms with Gasteiger partial charge in [-0.05, 0) is 18.1 Å². The average molecular weight is 285 g/mol. The van der Waals surface area contributed by atoms with Gasteiger partial charge in [0.1, 0.15) is 17.7 Å². The quantitative estimate of drug-likeness (QED) is 0.841. The molecular weight excluding hydrogens is 268 g/mol. The Morgan fingerprint density at radius 2 is 1.85 bits per heavy atom. The molecule has 0 saturated heterocycles. The highest BCUT2D eigenvalue weighted by Gasteiger charge is 2.26. The van der Waals surface area contributed by atoms with Crippen LogP contribution in [0.15, 0.2) is 18.2 Å². The summed E-state index contributed by atoms with van der Waals surface area (Å²) in [5.41, 5.74) is -0.363. The van der Waals surface area contributed by atoms with Gasteiger partial charge < -0.3 is 10.4 Å². The van der Waals surface area contributed by atoms with Crippen LogP contribution in [-0.2, 0) is 16.0 Å². The Bertz CT molecular complexity index is 485. The van der Waals surface area contributed by atoms with Gasteiger partial charge in [-0.2, -0.15) is 0 Å². The molecule has 0 fully saturated rings. The molecule has 0 aromatic heterocycles. The minimum atomic E-state index is -1.17. The van der Waals surface area contributed by atoms with Gasteiger partial charge in [0.25, 0.3) is 0 Å². The van der Waals surface area contributed by atoms with E-state index in [0.717, 1.165) is 12.1 Å². The molecule has 0 aliphatic heterocycles.